The van der Waals surface area contributed by atoms with Crippen LogP contribution in [0.15, 0.2) is 24.3 Å². The van der Waals surface area contributed by atoms with E-state index in [4.69, 9.17) is 15.2 Å². The molecule has 0 saturated heterocycles. The van der Waals surface area contributed by atoms with Gasteiger partial charge < -0.3 is 15.2 Å². The van der Waals surface area contributed by atoms with Crippen molar-refractivity contribution < 1.29 is 9.47 Å². The van der Waals surface area contributed by atoms with Gasteiger partial charge in [-0.05, 0) is 24.5 Å². The molecule has 3 nitrogen and oxygen atoms in total. The maximum absolute atomic E-state index is 5.74. The van der Waals surface area contributed by atoms with Crippen LogP contribution in [0, 0.1) is 5.92 Å². The van der Waals surface area contributed by atoms with Crippen molar-refractivity contribution in [1.29, 1.82) is 0 Å². The first-order valence-electron chi connectivity index (χ1n) is 5.75. The van der Waals surface area contributed by atoms with E-state index >= 15 is 0 Å². The lowest BCUT2D eigenvalue weighted by Gasteiger charge is -2.09. The van der Waals surface area contributed by atoms with Crippen LogP contribution in [0.1, 0.15) is 20.3 Å². The molecule has 0 saturated carbocycles. The van der Waals surface area contributed by atoms with E-state index in [1.165, 1.54) is 0 Å². The average molecular weight is 223 g/mol. The number of nitrogen functional groups attached to an aromatic ring is 1. The highest BCUT2D eigenvalue weighted by molar-refractivity contribution is 5.51. The molecule has 16 heavy (non-hydrogen) atoms. The molecule has 0 aliphatic heterocycles. The van der Waals surface area contributed by atoms with E-state index in [1.807, 2.05) is 24.3 Å². The Morgan fingerprint density at radius 1 is 1.12 bits per heavy atom. The normalized spacial score (nSPS) is 10.7. The molecular weight excluding hydrogens is 202 g/mol. The third-order valence-electron chi connectivity index (χ3n) is 2.24. The summed E-state index contributed by atoms with van der Waals surface area (Å²) in [7, 11) is 0. The van der Waals surface area contributed by atoms with Crippen LogP contribution in [0.5, 0.6) is 5.75 Å². The summed E-state index contributed by atoms with van der Waals surface area (Å²) in [6.07, 6.45) is 1.09. The predicted octanol–water partition coefficient (Wildman–Crippen LogP) is 2.71. The van der Waals surface area contributed by atoms with Gasteiger partial charge in [0.25, 0.3) is 0 Å². The van der Waals surface area contributed by atoms with Gasteiger partial charge in [0.2, 0.25) is 0 Å². The summed E-state index contributed by atoms with van der Waals surface area (Å²) in [5.41, 5.74) is 6.41. The van der Waals surface area contributed by atoms with E-state index in [0.717, 1.165) is 18.8 Å². The fourth-order valence-corrected chi connectivity index (χ4v) is 1.24. The van der Waals surface area contributed by atoms with Crippen LogP contribution in [0.25, 0.3) is 0 Å². The number of nitrogens with two attached hydrogens (primary N) is 1. The zero-order chi connectivity index (χ0) is 11.8. The first-order valence-corrected chi connectivity index (χ1v) is 5.75. The monoisotopic (exact) mass is 223 g/mol. The highest BCUT2D eigenvalue weighted by Crippen LogP contribution is 2.19. The number of hydrogen-bond acceptors (Lipinski definition) is 3. The fraction of sp³-hybridized carbons (Fsp3) is 0.538. The van der Waals surface area contributed by atoms with E-state index in [1.54, 1.807) is 0 Å². The third kappa shape index (κ3) is 5.03. The SMILES string of the molecule is CC(C)CCOCCOc1ccccc1N. The maximum atomic E-state index is 5.74. The van der Waals surface area contributed by atoms with Crippen molar-refractivity contribution >= 4 is 5.69 Å². The second-order valence-electron chi connectivity index (χ2n) is 4.18. The van der Waals surface area contributed by atoms with Gasteiger partial charge in [-0.2, -0.15) is 0 Å². The lowest BCUT2D eigenvalue weighted by atomic mass is 10.1. The Labute approximate surface area is 97.6 Å². The zero-order valence-corrected chi connectivity index (χ0v) is 10.1. The molecule has 1 aromatic rings. The highest BCUT2D eigenvalue weighted by atomic mass is 16.5. The molecule has 2 N–H and O–H groups in total. The molecule has 0 aliphatic carbocycles. The Morgan fingerprint density at radius 3 is 2.56 bits per heavy atom. The van der Waals surface area contributed by atoms with E-state index < -0.39 is 0 Å². The van der Waals surface area contributed by atoms with Gasteiger partial charge in [0, 0.05) is 6.61 Å². The summed E-state index contributed by atoms with van der Waals surface area (Å²) in [5, 5.41) is 0. The van der Waals surface area contributed by atoms with E-state index in [0.29, 0.717) is 24.8 Å². The number of para-hydroxylation sites is 2. The molecule has 0 fully saturated rings. The Kier molecular flexibility index (Phi) is 5.72. The lowest BCUT2D eigenvalue weighted by molar-refractivity contribution is 0.0928. The molecule has 0 bridgehead atoms. The van der Waals surface area contributed by atoms with Crippen LogP contribution in [-0.4, -0.2) is 19.8 Å². The van der Waals surface area contributed by atoms with Crippen molar-refractivity contribution in [2.24, 2.45) is 5.92 Å². The smallest absolute Gasteiger partial charge is 0.142 e. The number of hydrogen-bond donors (Lipinski definition) is 1. The average Bonchev–Trinajstić information content (AvgIpc) is 2.25. The van der Waals surface area contributed by atoms with Crippen LogP contribution >= 0.6 is 0 Å². The number of anilines is 1. The van der Waals surface area contributed by atoms with Crippen LogP contribution in [-0.2, 0) is 4.74 Å². The van der Waals surface area contributed by atoms with Gasteiger partial charge in [-0.25, -0.2) is 0 Å². The second kappa shape index (κ2) is 7.12. The van der Waals surface area contributed by atoms with Gasteiger partial charge in [-0.3, -0.25) is 0 Å². The Hall–Kier alpha value is -1.22. The minimum absolute atomic E-state index is 0.548. The summed E-state index contributed by atoms with van der Waals surface area (Å²) >= 11 is 0. The first kappa shape index (κ1) is 12.8. The third-order valence-corrected chi connectivity index (χ3v) is 2.24. The summed E-state index contributed by atoms with van der Waals surface area (Å²) in [6, 6.07) is 7.49. The molecule has 0 atom stereocenters. The molecule has 90 valence electrons. The Balaban J connectivity index is 2.10. The van der Waals surface area contributed by atoms with Crippen molar-refractivity contribution in [2.45, 2.75) is 20.3 Å². The van der Waals surface area contributed by atoms with Crippen molar-refractivity contribution in [3.63, 3.8) is 0 Å². The van der Waals surface area contributed by atoms with Crippen molar-refractivity contribution in [1.82, 2.24) is 0 Å². The van der Waals surface area contributed by atoms with Crippen LogP contribution in [0.4, 0.5) is 5.69 Å². The molecule has 3 heteroatoms. The van der Waals surface area contributed by atoms with Gasteiger partial charge in [0.1, 0.15) is 12.4 Å². The van der Waals surface area contributed by atoms with Crippen molar-refractivity contribution in [2.75, 3.05) is 25.6 Å². The van der Waals surface area contributed by atoms with Gasteiger partial charge in [-0.1, -0.05) is 26.0 Å². The molecule has 0 radical (unpaired) electrons. The molecular formula is C13H21NO2. The summed E-state index contributed by atoms with van der Waals surface area (Å²) in [5.74, 6) is 1.42. The highest BCUT2D eigenvalue weighted by Gasteiger charge is 1.98. The Bertz CT molecular complexity index is 300. The fourth-order valence-electron chi connectivity index (χ4n) is 1.24. The second-order valence-corrected chi connectivity index (χ2v) is 4.18. The van der Waals surface area contributed by atoms with E-state index in [9.17, 15) is 0 Å². The minimum Gasteiger partial charge on any atom is -0.489 e. The van der Waals surface area contributed by atoms with Crippen LogP contribution in [0.3, 0.4) is 0 Å². The van der Waals surface area contributed by atoms with Gasteiger partial charge in [-0.15, -0.1) is 0 Å². The standard InChI is InChI=1S/C13H21NO2/c1-11(2)7-8-15-9-10-16-13-6-4-3-5-12(13)14/h3-6,11H,7-10,14H2,1-2H3. The largest absolute Gasteiger partial charge is 0.489 e. The molecule has 1 aromatic carbocycles. The van der Waals surface area contributed by atoms with E-state index in [2.05, 4.69) is 13.8 Å². The van der Waals surface area contributed by atoms with Gasteiger partial charge >= 0.3 is 0 Å². The topological polar surface area (TPSA) is 44.5 Å². The summed E-state index contributed by atoms with van der Waals surface area (Å²) < 4.78 is 10.9. The summed E-state index contributed by atoms with van der Waals surface area (Å²) in [6.45, 7) is 6.33. The van der Waals surface area contributed by atoms with Crippen molar-refractivity contribution in [3.8, 4) is 5.75 Å². The molecule has 0 heterocycles. The van der Waals surface area contributed by atoms with Gasteiger partial charge in [0.05, 0.1) is 12.3 Å². The molecule has 0 spiro atoms. The summed E-state index contributed by atoms with van der Waals surface area (Å²) in [4.78, 5) is 0. The number of rotatable bonds is 7. The molecule has 0 unspecified atom stereocenters. The molecule has 0 aromatic heterocycles. The zero-order valence-electron chi connectivity index (χ0n) is 10.1. The van der Waals surface area contributed by atoms with Crippen molar-refractivity contribution in [3.05, 3.63) is 24.3 Å². The predicted molar refractivity (Wildman–Crippen MR) is 66.6 cm³/mol. The molecule has 0 aliphatic rings. The van der Waals surface area contributed by atoms with Crippen LogP contribution in [0.2, 0.25) is 0 Å². The maximum Gasteiger partial charge on any atom is 0.142 e. The molecule has 0 amide bonds. The Morgan fingerprint density at radius 2 is 1.88 bits per heavy atom. The van der Waals surface area contributed by atoms with E-state index in [-0.39, 0.29) is 0 Å². The minimum atomic E-state index is 0.548. The quantitative estimate of drug-likeness (QED) is 0.571. The lowest BCUT2D eigenvalue weighted by Crippen LogP contribution is -2.09. The van der Waals surface area contributed by atoms with Crippen LogP contribution < -0.4 is 10.5 Å². The number of ether oxygens (including phenoxy) is 2. The van der Waals surface area contributed by atoms with Gasteiger partial charge in [0.15, 0.2) is 0 Å². The number of benzene rings is 1. The first-order chi connectivity index (χ1) is 7.70. The molecule has 1 rings (SSSR count).